The predicted molar refractivity (Wildman–Crippen MR) is 87.7 cm³/mol. The quantitative estimate of drug-likeness (QED) is 0.297. The van der Waals surface area contributed by atoms with Crippen molar-refractivity contribution in [3.05, 3.63) is 60.7 Å². The number of benzene rings is 2. The normalized spacial score (nSPS) is 11.2. The Bertz CT molecular complexity index is 608. The summed E-state index contributed by atoms with van der Waals surface area (Å²) in [4.78, 5) is 0. The van der Waals surface area contributed by atoms with Crippen LogP contribution in [0.3, 0.4) is 0 Å². The van der Waals surface area contributed by atoms with Gasteiger partial charge in [-0.3, -0.25) is 0 Å². The van der Waals surface area contributed by atoms with E-state index < -0.39 is 18.0 Å². The van der Waals surface area contributed by atoms with Crippen LogP contribution >= 0.6 is 7.92 Å². The van der Waals surface area contributed by atoms with Crippen LogP contribution in [0.4, 0.5) is 0 Å². The molecular formula is C16H18LiO3PS. The van der Waals surface area contributed by atoms with E-state index in [-0.39, 0.29) is 24.6 Å². The summed E-state index contributed by atoms with van der Waals surface area (Å²) >= 11 is 0. The molecule has 2 aromatic rings. The Morgan fingerprint density at radius 1 is 0.818 bits per heavy atom. The first-order chi connectivity index (χ1) is 10.1. The molecule has 0 atom stereocenters. The molecular weight excluding hydrogens is 310 g/mol. The Hall–Kier alpha value is -0.623. The maximum atomic E-state index is 10.7. The van der Waals surface area contributed by atoms with Gasteiger partial charge in [0.2, 0.25) is 0 Å². The third-order valence-corrected chi connectivity index (χ3v) is 6.56. The summed E-state index contributed by atoms with van der Waals surface area (Å²) in [6, 6.07) is 20.5. The molecule has 6 heteroatoms. The van der Waals surface area contributed by atoms with Gasteiger partial charge >= 0.3 is 18.9 Å². The second kappa shape index (κ2) is 9.50. The molecule has 0 saturated heterocycles. The Balaban J connectivity index is 0.00000242. The molecule has 2 rings (SSSR count). The average molecular weight is 328 g/mol. The van der Waals surface area contributed by atoms with Crippen molar-refractivity contribution in [2.45, 2.75) is 12.8 Å². The van der Waals surface area contributed by atoms with Gasteiger partial charge in [-0.1, -0.05) is 60.7 Å². The maximum absolute atomic E-state index is 10.7. The van der Waals surface area contributed by atoms with E-state index in [1.165, 1.54) is 10.6 Å². The third kappa shape index (κ3) is 6.65. The molecule has 0 spiro atoms. The van der Waals surface area contributed by atoms with Crippen molar-refractivity contribution in [2.75, 3.05) is 11.9 Å². The van der Waals surface area contributed by atoms with Crippen LogP contribution in [-0.4, -0.2) is 24.9 Å². The molecule has 22 heavy (non-hydrogen) atoms. The molecule has 0 N–H and O–H groups in total. The van der Waals surface area contributed by atoms with Crippen molar-refractivity contribution >= 4 is 28.6 Å². The minimum absolute atomic E-state index is 0. The van der Waals surface area contributed by atoms with Crippen LogP contribution in [0.1, 0.15) is 12.8 Å². The van der Waals surface area contributed by atoms with E-state index in [0.717, 1.165) is 12.6 Å². The average Bonchev–Trinajstić information content (AvgIpc) is 2.48. The van der Waals surface area contributed by atoms with Gasteiger partial charge in [-0.15, -0.1) is 0 Å². The van der Waals surface area contributed by atoms with Gasteiger partial charge < -0.3 is 4.55 Å². The topological polar surface area (TPSA) is 57.2 Å². The maximum Gasteiger partial charge on any atom is 1.00 e. The molecule has 2 aromatic carbocycles. The third-order valence-electron chi connectivity index (χ3n) is 3.16. The van der Waals surface area contributed by atoms with Crippen molar-refractivity contribution in [2.24, 2.45) is 0 Å². The molecule has 0 unspecified atom stereocenters. The molecule has 112 valence electrons. The first-order valence-electron chi connectivity index (χ1n) is 6.87. The summed E-state index contributed by atoms with van der Waals surface area (Å²) in [6.45, 7) is 0. The second-order valence-corrected chi connectivity index (χ2v) is 8.65. The van der Waals surface area contributed by atoms with Gasteiger partial charge in [0.1, 0.15) is 0 Å². The summed E-state index contributed by atoms with van der Waals surface area (Å²) in [5.74, 6) is -0.264. The minimum atomic E-state index is -4.09. The van der Waals surface area contributed by atoms with Gasteiger partial charge in [0.05, 0.1) is 10.1 Å². The van der Waals surface area contributed by atoms with Crippen molar-refractivity contribution in [3.8, 4) is 0 Å². The SMILES string of the molecule is O=S(=O)([O-])CCCCP(c1ccccc1)c1ccccc1.[Li+]. The first-order valence-corrected chi connectivity index (χ1v) is 9.98. The van der Waals surface area contributed by atoms with Gasteiger partial charge in [0, 0.05) is 5.75 Å². The smallest absolute Gasteiger partial charge is 0.748 e. The fourth-order valence-electron chi connectivity index (χ4n) is 2.17. The molecule has 0 aliphatic heterocycles. The Kier molecular flexibility index (Phi) is 8.39. The molecule has 0 aliphatic rings. The summed E-state index contributed by atoms with van der Waals surface area (Å²) in [6.07, 6.45) is 2.08. The zero-order valence-electron chi connectivity index (χ0n) is 12.7. The van der Waals surface area contributed by atoms with Gasteiger partial charge in [0.15, 0.2) is 0 Å². The van der Waals surface area contributed by atoms with Gasteiger partial charge in [-0.2, -0.15) is 0 Å². The van der Waals surface area contributed by atoms with Crippen molar-refractivity contribution in [1.29, 1.82) is 0 Å². The molecule has 0 radical (unpaired) electrons. The Labute approximate surface area is 145 Å². The van der Waals surface area contributed by atoms with E-state index in [2.05, 4.69) is 24.3 Å². The minimum Gasteiger partial charge on any atom is -0.748 e. The van der Waals surface area contributed by atoms with E-state index in [1.54, 1.807) is 0 Å². The molecule has 0 aliphatic carbocycles. The van der Waals surface area contributed by atoms with E-state index >= 15 is 0 Å². The largest absolute Gasteiger partial charge is 1.00 e. The van der Waals surface area contributed by atoms with Gasteiger partial charge in [-0.25, -0.2) is 8.42 Å². The van der Waals surface area contributed by atoms with Crippen molar-refractivity contribution in [3.63, 3.8) is 0 Å². The molecule has 0 bridgehead atoms. The molecule has 0 aromatic heterocycles. The zero-order valence-corrected chi connectivity index (χ0v) is 14.4. The molecule has 0 saturated carbocycles. The van der Waals surface area contributed by atoms with Crippen LogP contribution in [0.15, 0.2) is 60.7 Å². The van der Waals surface area contributed by atoms with E-state index in [9.17, 15) is 13.0 Å². The number of rotatable bonds is 7. The van der Waals surface area contributed by atoms with E-state index in [4.69, 9.17) is 0 Å². The van der Waals surface area contributed by atoms with Gasteiger partial charge in [0.25, 0.3) is 0 Å². The fraction of sp³-hybridized carbons (Fsp3) is 0.250. The van der Waals surface area contributed by atoms with Gasteiger partial charge in [-0.05, 0) is 37.5 Å². The van der Waals surface area contributed by atoms with Crippen LogP contribution in [-0.2, 0) is 10.1 Å². The standard InChI is InChI=1S/C16H19O3PS.Li/c17-21(18,19)14-8-7-13-20(15-9-3-1-4-10-15)16-11-5-2-6-12-16;/h1-6,9-12H,7-8,13-14H2,(H,17,18,19);/q;+1/p-1. The molecule has 3 nitrogen and oxygen atoms in total. The van der Waals surface area contributed by atoms with Crippen LogP contribution < -0.4 is 29.5 Å². The molecule has 0 amide bonds. The van der Waals surface area contributed by atoms with E-state index in [1.807, 2.05) is 36.4 Å². The predicted octanol–water partition coefficient (Wildman–Crippen LogP) is -0.551. The van der Waals surface area contributed by atoms with Crippen LogP contribution in [0.2, 0.25) is 0 Å². The monoisotopic (exact) mass is 328 g/mol. The summed E-state index contributed by atoms with van der Waals surface area (Å²) in [5.41, 5.74) is 0. The number of unbranched alkanes of at least 4 members (excludes halogenated alkanes) is 1. The molecule has 0 heterocycles. The van der Waals surface area contributed by atoms with Crippen molar-refractivity contribution in [1.82, 2.24) is 0 Å². The summed E-state index contributed by atoms with van der Waals surface area (Å²) in [7, 11) is -4.59. The van der Waals surface area contributed by atoms with Crippen LogP contribution in [0.5, 0.6) is 0 Å². The number of hydrogen-bond donors (Lipinski definition) is 0. The Morgan fingerprint density at radius 2 is 1.27 bits per heavy atom. The Morgan fingerprint density at radius 3 is 1.68 bits per heavy atom. The van der Waals surface area contributed by atoms with E-state index in [0.29, 0.717) is 6.42 Å². The molecule has 0 fully saturated rings. The van der Waals surface area contributed by atoms with Crippen LogP contribution in [0.25, 0.3) is 0 Å². The zero-order chi connectivity index (χ0) is 15.1. The first kappa shape index (κ1) is 19.4. The summed E-state index contributed by atoms with van der Waals surface area (Å²) in [5, 5.41) is 2.56. The van der Waals surface area contributed by atoms with Crippen LogP contribution in [0, 0.1) is 0 Å². The number of hydrogen-bond acceptors (Lipinski definition) is 3. The fourth-order valence-corrected chi connectivity index (χ4v) is 5.15. The summed E-state index contributed by atoms with van der Waals surface area (Å²) < 4.78 is 32.0. The van der Waals surface area contributed by atoms with Crippen molar-refractivity contribution < 1.29 is 31.8 Å². The second-order valence-electron chi connectivity index (χ2n) is 4.79.